The maximum absolute atomic E-state index is 4.82. The van der Waals surface area contributed by atoms with Crippen LogP contribution in [0.5, 0.6) is 0 Å². The average molecular weight is 868 g/mol. The van der Waals surface area contributed by atoms with Gasteiger partial charge in [0, 0.05) is 50.3 Å². The first-order valence-electron chi connectivity index (χ1n) is 23.2. The number of aromatic nitrogens is 4. The third-order valence-corrected chi connectivity index (χ3v) is 14.3. The van der Waals surface area contributed by atoms with E-state index in [1.165, 1.54) is 66.3 Å². The minimum Gasteiger partial charge on any atom is -0.310 e. The van der Waals surface area contributed by atoms with Crippen LogP contribution >= 0.6 is 0 Å². The zero-order chi connectivity index (χ0) is 44.8. The first-order valence-corrected chi connectivity index (χ1v) is 23.2. The lowest BCUT2D eigenvalue weighted by Crippen LogP contribution is -2.26. The van der Waals surface area contributed by atoms with Crippen molar-refractivity contribution in [2.75, 3.05) is 4.90 Å². The zero-order valence-electron chi connectivity index (χ0n) is 36.9. The molecule has 2 heterocycles. The molecular formula is C63H41N5. The van der Waals surface area contributed by atoms with Gasteiger partial charge >= 0.3 is 0 Å². The summed E-state index contributed by atoms with van der Waals surface area (Å²) in [6.45, 7) is 0. The van der Waals surface area contributed by atoms with Crippen LogP contribution in [0.25, 0.3) is 78.2 Å². The summed E-state index contributed by atoms with van der Waals surface area (Å²) in [5, 5.41) is 12.1. The van der Waals surface area contributed by atoms with Gasteiger partial charge in [-0.1, -0.05) is 164 Å². The molecule has 2 aliphatic rings. The Balaban J connectivity index is 0.957. The van der Waals surface area contributed by atoms with E-state index in [0.717, 1.165) is 51.2 Å². The molecule has 0 N–H and O–H groups in total. The van der Waals surface area contributed by atoms with Gasteiger partial charge in [-0.2, -0.15) is 0 Å². The van der Waals surface area contributed by atoms with Gasteiger partial charge < -0.3 is 9.47 Å². The summed E-state index contributed by atoms with van der Waals surface area (Å²) in [6, 6.07) is 90.1. The van der Waals surface area contributed by atoms with Crippen LogP contribution in [0.4, 0.5) is 17.1 Å². The lowest BCUT2D eigenvalue weighted by Gasteiger charge is -2.32. The molecule has 14 rings (SSSR count). The van der Waals surface area contributed by atoms with Crippen LogP contribution < -0.4 is 4.90 Å². The minimum absolute atomic E-state index is 0.563. The summed E-state index contributed by atoms with van der Waals surface area (Å²) in [5.74, 6) is 1.58. The van der Waals surface area contributed by atoms with Crippen LogP contribution in [-0.4, -0.2) is 19.3 Å². The van der Waals surface area contributed by atoms with Crippen molar-refractivity contribution in [1.29, 1.82) is 0 Å². The Kier molecular flexibility index (Phi) is 8.43. The SMILES string of the molecule is c1ccc(-c2nnc(-c3ccc(N(c4ccccc4)c4ccc5c(c4)C4(c6ccccc6-c6ccccc64)c4cc(-n6c7ccccc7c7ccccc76)ccc4-5)cc3)n2-c2ccccc2)cc1. The van der Waals surface area contributed by atoms with E-state index < -0.39 is 5.41 Å². The molecule has 0 bridgehead atoms. The fourth-order valence-corrected chi connectivity index (χ4v) is 11.4. The van der Waals surface area contributed by atoms with E-state index in [1.54, 1.807) is 0 Å². The van der Waals surface area contributed by atoms with Gasteiger partial charge in [-0.3, -0.25) is 4.57 Å². The van der Waals surface area contributed by atoms with Gasteiger partial charge in [-0.05, 0) is 129 Å². The number of nitrogens with zero attached hydrogens (tertiary/aromatic N) is 5. The van der Waals surface area contributed by atoms with Crippen LogP contribution in [0.1, 0.15) is 22.3 Å². The number of rotatable bonds is 7. The molecule has 0 saturated heterocycles. The normalized spacial score (nSPS) is 12.8. The third-order valence-electron chi connectivity index (χ3n) is 14.3. The fraction of sp³-hybridized carbons (Fsp3) is 0.0159. The van der Waals surface area contributed by atoms with Gasteiger partial charge in [-0.15, -0.1) is 10.2 Å². The zero-order valence-corrected chi connectivity index (χ0v) is 36.9. The van der Waals surface area contributed by atoms with Crippen molar-refractivity contribution in [1.82, 2.24) is 19.3 Å². The summed E-state index contributed by atoms with van der Waals surface area (Å²) in [4.78, 5) is 2.38. The maximum atomic E-state index is 4.82. The highest BCUT2D eigenvalue weighted by Gasteiger charge is 2.52. The number of fused-ring (bicyclic) bond motifs is 13. The minimum atomic E-state index is -0.563. The van der Waals surface area contributed by atoms with Crippen molar-refractivity contribution in [2.24, 2.45) is 0 Å². The first kappa shape index (κ1) is 38.2. The number of benzene rings is 10. The summed E-state index contributed by atoms with van der Waals surface area (Å²) in [7, 11) is 0. The predicted molar refractivity (Wildman–Crippen MR) is 278 cm³/mol. The molecule has 5 heteroatoms. The molecule has 2 aromatic heterocycles. The lowest BCUT2D eigenvalue weighted by atomic mass is 9.70. The number of hydrogen-bond donors (Lipinski definition) is 0. The molecule has 2 aliphatic carbocycles. The van der Waals surface area contributed by atoms with E-state index in [9.17, 15) is 0 Å². The molecule has 1 spiro atoms. The molecule has 5 nitrogen and oxygen atoms in total. The van der Waals surface area contributed by atoms with Gasteiger partial charge in [0.2, 0.25) is 0 Å². The van der Waals surface area contributed by atoms with Gasteiger partial charge in [-0.25, -0.2) is 0 Å². The van der Waals surface area contributed by atoms with E-state index in [1.807, 2.05) is 24.3 Å². The quantitative estimate of drug-likeness (QED) is 0.160. The topological polar surface area (TPSA) is 38.9 Å². The smallest absolute Gasteiger partial charge is 0.168 e. The molecule has 0 atom stereocenters. The van der Waals surface area contributed by atoms with Crippen LogP contribution in [0.15, 0.2) is 249 Å². The molecule has 318 valence electrons. The highest BCUT2D eigenvalue weighted by molar-refractivity contribution is 6.09. The van der Waals surface area contributed by atoms with Crippen molar-refractivity contribution in [3.8, 4) is 56.4 Å². The molecule has 68 heavy (non-hydrogen) atoms. The molecular weight excluding hydrogens is 827 g/mol. The van der Waals surface area contributed by atoms with Crippen LogP contribution in [-0.2, 0) is 5.41 Å². The highest BCUT2D eigenvalue weighted by Crippen LogP contribution is 2.63. The van der Waals surface area contributed by atoms with E-state index in [2.05, 4.69) is 238 Å². The first-order chi connectivity index (χ1) is 33.8. The van der Waals surface area contributed by atoms with Crippen molar-refractivity contribution >= 4 is 38.9 Å². The maximum Gasteiger partial charge on any atom is 0.168 e. The molecule has 0 unspecified atom stereocenters. The predicted octanol–water partition coefficient (Wildman–Crippen LogP) is 15.5. The Morgan fingerprint density at radius 1 is 0.309 bits per heavy atom. The summed E-state index contributed by atoms with van der Waals surface area (Å²) < 4.78 is 4.60. The van der Waals surface area contributed by atoms with E-state index in [0.29, 0.717) is 0 Å². The lowest BCUT2D eigenvalue weighted by molar-refractivity contribution is 0.792. The Hall–Kier alpha value is -9.06. The van der Waals surface area contributed by atoms with Crippen molar-refractivity contribution in [2.45, 2.75) is 5.41 Å². The number of hydrogen-bond acceptors (Lipinski definition) is 3. The second-order valence-corrected chi connectivity index (χ2v) is 17.8. The third kappa shape index (κ3) is 5.50. The summed E-state index contributed by atoms with van der Waals surface area (Å²) >= 11 is 0. The van der Waals surface area contributed by atoms with Crippen LogP contribution in [0, 0.1) is 0 Å². The Bertz CT molecular complexity index is 3810. The fourth-order valence-electron chi connectivity index (χ4n) is 11.4. The number of para-hydroxylation sites is 4. The van der Waals surface area contributed by atoms with E-state index >= 15 is 0 Å². The molecule has 0 fully saturated rings. The summed E-state index contributed by atoms with van der Waals surface area (Å²) in [6.07, 6.45) is 0. The van der Waals surface area contributed by atoms with Crippen molar-refractivity contribution in [3.63, 3.8) is 0 Å². The largest absolute Gasteiger partial charge is 0.310 e. The average Bonchev–Trinajstić information content (AvgIpc) is 4.16. The van der Waals surface area contributed by atoms with Gasteiger partial charge in [0.05, 0.1) is 16.4 Å². The molecule has 10 aromatic carbocycles. The van der Waals surface area contributed by atoms with Crippen LogP contribution in [0.3, 0.4) is 0 Å². The van der Waals surface area contributed by atoms with Crippen molar-refractivity contribution in [3.05, 3.63) is 271 Å². The molecule has 0 saturated carbocycles. The molecule has 12 aromatic rings. The standard InChI is InChI=1S/C63H41N5/c1-4-18-42(19-5-1)61-64-65-62(68(61)45-22-8-3-9-23-45)43-32-34-46(35-33-43)66(44-20-6-2-7-21-44)47-36-38-51-52-39-37-48(67-59-30-16-12-26-53(59)54-27-13-17-31-60(54)67)41-58(52)63(57(51)40-47)55-28-14-10-24-49(55)50-25-11-15-29-56(50)63/h1-41H. The monoisotopic (exact) mass is 867 g/mol. The van der Waals surface area contributed by atoms with Gasteiger partial charge in [0.15, 0.2) is 11.6 Å². The van der Waals surface area contributed by atoms with Crippen LogP contribution in [0.2, 0.25) is 0 Å². The van der Waals surface area contributed by atoms with Crippen molar-refractivity contribution < 1.29 is 0 Å². The van der Waals surface area contributed by atoms with Gasteiger partial charge in [0.1, 0.15) is 0 Å². The Morgan fingerprint density at radius 2 is 0.765 bits per heavy atom. The van der Waals surface area contributed by atoms with Gasteiger partial charge in [0.25, 0.3) is 0 Å². The Labute approximate surface area is 394 Å². The van der Waals surface area contributed by atoms with E-state index in [4.69, 9.17) is 10.2 Å². The molecule has 0 radical (unpaired) electrons. The van der Waals surface area contributed by atoms with E-state index in [-0.39, 0.29) is 0 Å². The summed E-state index contributed by atoms with van der Waals surface area (Å²) in [5.41, 5.74) is 19.5. The molecule has 0 aliphatic heterocycles. The molecule has 0 amide bonds. The Morgan fingerprint density at radius 3 is 1.40 bits per heavy atom. The second-order valence-electron chi connectivity index (χ2n) is 17.8. The highest BCUT2D eigenvalue weighted by atomic mass is 15.3. The second kappa shape index (κ2) is 15.0. The number of anilines is 3.